The van der Waals surface area contributed by atoms with Gasteiger partial charge in [-0.15, -0.1) is 0 Å². The summed E-state index contributed by atoms with van der Waals surface area (Å²) in [6, 6.07) is 23.5. The first kappa shape index (κ1) is 20.9. The van der Waals surface area contributed by atoms with Gasteiger partial charge in [0.05, 0.1) is 4.90 Å². The number of carbonyl (C=O) groups excluding carboxylic acids is 1. The van der Waals surface area contributed by atoms with Crippen LogP contribution in [0.1, 0.15) is 17.5 Å². The van der Waals surface area contributed by atoms with Crippen molar-refractivity contribution in [2.24, 2.45) is 0 Å². The van der Waals surface area contributed by atoms with Crippen molar-refractivity contribution >= 4 is 27.4 Å². The number of hydrogen-bond donors (Lipinski definition) is 1. The van der Waals surface area contributed by atoms with Crippen LogP contribution in [0.4, 0.5) is 16.2 Å². The molecule has 1 aliphatic rings. The lowest BCUT2D eigenvalue weighted by Gasteiger charge is -2.35. The molecule has 31 heavy (non-hydrogen) atoms. The Balaban J connectivity index is 1.46. The van der Waals surface area contributed by atoms with E-state index in [9.17, 15) is 13.2 Å². The van der Waals surface area contributed by atoms with Gasteiger partial charge in [-0.3, -0.25) is 9.62 Å². The van der Waals surface area contributed by atoms with Gasteiger partial charge >= 0.3 is 6.03 Å². The average Bonchev–Trinajstić information content (AvgIpc) is 2.77. The molecule has 0 radical (unpaired) electrons. The predicted molar refractivity (Wildman–Crippen MR) is 123 cm³/mol. The molecule has 2 amide bonds. The second kappa shape index (κ2) is 8.81. The maximum absolute atomic E-state index is 13.0. The number of rotatable bonds is 6. The monoisotopic (exact) mass is 435 g/mol. The molecule has 0 spiro atoms. The number of amides is 2. The van der Waals surface area contributed by atoms with E-state index in [1.165, 1.54) is 0 Å². The average molecular weight is 436 g/mol. The first-order valence-electron chi connectivity index (χ1n) is 10.2. The third-order valence-electron chi connectivity index (χ3n) is 5.29. The largest absolute Gasteiger partial charge is 0.324 e. The van der Waals surface area contributed by atoms with Crippen molar-refractivity contribution < 1.29 is 13.2 Å². The van der Waals surface area contributed by atoms with Crippen LogP contribution >= 0.6 is 0 Å². The van der Waals surface area contributed by atoms with Gasteiger partial charge in [0.2, 0.25) is 0 Å². The zero-order valence-electron chi connectivity index (χ0n) is 17.4. The van der Waals surface area contributed by atoms with Crippen LogP contribution in [-0.2, 0) is 16.6 Å². The van der Waals surface area contributed by atoms with E-state index in [4.69, 9.17) is 0 Å². The van der Waals surface area contributed by atoms with Gasteiger partial charge < -0.3 is 4.90 Å². The van der Waals surface area contributed by atoms with Gasteiger partial charge in [-0.2, -0.15) is 0 Å². The highest BCUT2D eigenvalue weighted by Crippen LogP contribution is 2.24. The number of benzene rings is 3. The zero-order valence-corrected chi connectivity index (χ0v) is 18.2. The normalized spacial score (nSPS) is 14.5. The van der Waals surface area contributed by atoms with Crippen LogP contribution in [0.15, 0.2) is 83.8 Å². The minimum atomic E-state index is -3.66. The fourth-order valence-corrected chi connectivity index (χ4v) is 4.67. The Kier molecular flexibility index (Phi) is 5.95. The summed E-state index contributed by atoms with van der Waals surface area (Å²) in [5, 5.41) is 0. The molecule has 3 aromatic rings. The summed E-state index contributed by atoms with van der Waals surface area (Å²) in [6.07, 6.45) is 0.875. The van der Waals surface area contributed by atoms with Crippen LogP contribution < -0.4 is 9.62 Å². The van der Waals surface area contributed by atoms with E-state index in [1.54, 1.807) is 53.4 Å². The molecule has 1 heterocycles. The second-order valence-electron chi connectivity index (χ2n) is 7.66. The van der Waals surface area contributed by atoms with E-state index in [-0.39, 0.29) is 10.9 Å². The van der Waals surface area contributed by atoms with Crippen LogP contribution in [0, 0.1) is 6.92 Å². The smallest absolute Gasteiger partial charge is 0.320 e. The number of anilines is 2. The Bertz CT molecular complexity index is 1140. The van der Waals surface area contributed by atoms with E-state index in [0.717, 1.165) is 29.8 Å². The molecule has 0 aliphatic carbocycles. The summed E-state index contributed by atoms with van der Waals surface area (Å²) in [5.41, 5.74) is 3.30. The first-order valence-corrected chi connectivity index (χ1v) is 11.7. The molecule has 1 N–H and O–H groups in total. The number of aryl methyl sites for hydroxylation is 1. The maximum Gasteiger partial charge on any atom is 0.324 e. The van der Waals surface area contributed by atoms with Crippen LogP contribution in [0.25, 0.3) is 0 Å². The number of urea groups is 1. The van der Waals surface area contributed by atoms with Gasteiger partial charge in [-0.1, -0.05) is 48.0 Å². The van der Waals surface area contributed by atoms with Crippen molar-refractivity contribution in [1.82, 2.24) is 4.90 Å². The fourth-order valence-electron chi connectivity index (χ4n) is 3.61. The van der Waals surface area contributed by atoms with Crippen molar-refractivity contribution in [3.8, 4) is 0 Å². The molecule has 7 heteroatoms. The molecule has 6 nitrogen and oxygen atoms in total. The standard InChI is InChI=1S/C24H25N3O3S/c1-19-8-14-23(15-9-19)31(29,30)25-21-10-12-22(13-11-21)27-17-5-16-26(24(27)28)18-20-6-3-2-4-7-20/h2-4,6-15,25H,5,16-18H2,1H3. The molecule has 0 bridgehead atoms. The van der Waals surface area contributed by atoms with Gasteiger partial charge in [-0.25, -0.2) is 13.2 Å². The van der Waals surface area contributed by atoms with Crippen molar-refractivity contribution in [1.29, 1.82) is 0 Å². The van der Waals surface area contributed by atoms with Crippen molar-refractivity contribution in [2.45, 2.75) is 24.8 Å². The fraction of sp³-hybridized carbons (Fsp3) is 0.208. The van der Waals surface area contributed by atoms with Gasteiger partial charge in [0.1, 0.15) is 0 Å². The topological polar surface area (TPSA) is 69.7 Å². The molecule has 1 saturated heterocycles. The molecule has 4 rings (SSSR count). The molecule has 0 atom stereocenters. The van der Waals surface area contributed by atoms with Crippen LogP contribution in [0.2, 0.25) is 0 Å². The second-order valence-corrected chi connectivity index (χ2v) is 9.34. The lowest BCUT2D eigenvalue weighted by Crippen LogP contribution is -2.49. The van der Waals surface area contributed by atoms with E-state index in [2.05, 4.69) is 4.72 Å². The third kappa shape index (κ3) is 4.88. The summed E-state index contributed by atoms with van der Waals surface area (Å²) in [6.45, 7) is 3.84. The van der Waals surface area contributed by atoms with Crippen molar-refractivity contribution in [3.05, 3.63) is 90.0 Å². The molecule has 1 fully saturated rings. The van der Waals surface area contributed by atoms with Gasteiger partial charge in [0.15, 0.2) is 0 Å². The number of carbonyl (C=O) groups is 1. The minimum Gasteiger partial charge on any atom is -0.320 e. The molecule has 0 saturated carbocycles. The van der Waals surface area contributed by atoms with E-state index in [1.807, 2.05) is 42.2 Å². The highest BCUT2D eigenvalue weighted by Gasteiger charge is 2.26. The molecule has 3 aromatic carbocycles. The number of nitrogens with one attached hydrogen (secondary N) is 1. The summed E-state index contributed by atoms with van der Waals surface area (Å²) in [4.78, 5) is 16.8. The Hall–Kier alpha value is -3.32. The lowest BCUT2D eigenvalue weighted by molar-refractivity contribution is 0.192. The van der Waals surface area contributed by atoms with E-state index < -0.39 is 10.0 Å². The van der Waals surface area contributed by atoms with E-state index >= 15 is 0 Å². The van der Waals surface area contributed by atoms with Gasteiger partial charge in [0, 0.05) is 31.0 Å². The number of nitrogens with zero attached hydrogens (tertiary/aromatic N) is 2. The SMILES string of the molecule is Cc1ccc(S(=O)(=O)Nc2ccc(N3CCCN(Cc4ccccc4)C3=O)cc2)cc1. The Morgan fingerprint density at radius 3 is 2.23 bits per heavy atom. The van der Waals surface area contributed by atoms with E-state index in [0.29, 0.717) is 18.8 Å². The third-order valence-corrected chi connectivity index (χ3v) is 6.69. The van der Waals surface area contributed by atoms with Crippen molar-refractivity contribution in [2.75, 3.05) is 22.7 Å². The summed E-state index contributed by atoms with van der Waals surface area (Å²) in [7, 11) is -3.66. The van der Waals surface area contributed by atoms with Crippen LogP contribution in [0.5, 0.6) is 0 Å². The Morgan fingerprint density at radius 2 is 1.55 bits per heavy atom. The molecule has 0 aromatic heterocycles. The highest BCUT2D eigenvalue weighted by molar-refractivity contribution is 7.92. The molecule has 1 aliphatic heterocycles. The minimum absolute atomic E-state index is 0.0388. The summed E-state index contributed by atoms with van der Waals surface area (Å²) >= 11 is 0. The van der Waals surface area contributed by atoms with Crippen LogP contribution in [-0.4, -0.2) is 32.4 Å². The van der Waals surface area contributed by atoms with Crippen LogP contribution in [0.3, 0.4) is 0 Å². The molecular weight excluding hydrogens is 410 g/mol. The Morgan fingerprint density at radius 1 is 0.871 bits per heavy atom. The quantitative estimate of drug-likeness (QED) is 0.614. The van der Waals surface area contributed by atoms with Gasteiger partial charge in [0.25, 0.3) is 10.0 Å². The summed E-state index contributed by atoms with van der Waals surface area (Å²) in [5.74, 6) is 0. The first-order chi connectivity index (χ1) is 14.9. The summed E-state index contributed by atoms with van der Waals surface area (Å²) < 4.78 is 27.8. The molecular formula is C24H25N3O3S. The number of sulfonamides is 1. The molecule has 0 unspecified atom stereocenters. The number of hydrogen-bond acceptors (Lipinski definition) is 3. The molecule has 160 valence electrons. The zero-order chi connectivity index (χ0) is 21.8. The predicted octanol–water partition coefficient (Wildman–Crippen LogP) is 4.63. The Labute approximate surface area is 183 Å². The maximum atomic E-state index is 13.0. The lowest BCUT2D eigenvalue weighted by atomic mass is 10.2. The van der Waals surface area contributed by atoms with Gasteiger partial charge in [-0.05, 0) is 55.3 Å². The highest BCUT2D eigenvalue weighted by atomic mass is 32.2. The van der Waals surface area contributed by atoms with Crippen molar-refractivity contribution in [3.63, 3.8) is 0 Å².